The SMILES string of the molecule is C=C1NC(=O)[C@H]([C@@H](C)[C@@]2(O)C(=O)N(C)c3ccccc32)NC1=O. The maximum Gasteiger partial charge on any atom is 0.267 e. The van der Waals surface area contributed by atoms with E-state index in [0.29, 0.717) is 11.3 Å². The number of amides is 3. The van der Waals surface area contributed by atoms with Gasteiger partial charge >= 0.3 is 0 Å². The number of benzene rings is 1. The fraction of sp³-hybridized carbons (Fsp3) is 0.312. The third-order valence-corrected chi connectivity index (χ3v) is 4.58. The van der Waals surface area contributed by atoms with E-state index in [9.17, 15) is 19.5 Å². The van der Waals surface area contributed by atoms with Gasteiger partial charge in [0, 0.05) is 18.5 Å². The summed E-state index contributed by atoms with van der Waals surface area (Å²) in [6.07, 6.45) is 0. The molecule has 0 aromatic heterocycles. The van der Waals surface area contributed by atoms with Gasteiger partial charge < -0.3 is 20.6 Å². The number of hydrogen-bond acceptors (Lipinski definition) is 4. The van der Waals surface area contributed by atoms with Gasteiger partial charge in [0.05, 0.1) is 11.4 Å². The van der Waals surface area contributed by atoms with Crippen LogP contribution >= 0.6 is 0 Å². The number of nitrogens with one attached hydrogen (secondary N) is 2. The van der Waals surface area contributed by atoms with Crippen molar-refractivity contribution in [2.45, 2.75) is 18.6 Å². The lowest BCUT2D eigenvalue weighted by Gasteiger charge is -2.36. The Labute approximate surface area is 133 Å². The van der Waals surface area contributed by atoms with Gasteiger partial charge in [0.1, 0.15) is 6.04 Å². The number of hydrogen-bond donors (Lipinski definition) is 3. The van der Waals surface area contributed by atoms with Crippen molar-refractivity contribution in [2.75, 3.05) is 11.9 Å². The minimum Gasteiger partial charge on any atom is -0.375 e. The molecule has 0 aliphatic carbocycles. The van der Waals surface area contributed by atoms with Gasteiger partial charge in [-0.15, -0.1) is 0 Å². The predicted octanol–water partition coefficient (Wildman–Crippen LogP) is -0.385. The number of anilines is 1. The number of aliphatic hydroxyl groups is 1. The van der Waals surface area contributed by atoms with Crippen molar-refractivity contribution < 1.29 is 19.5 Å². The maximum atomic E-state index is 12.6. The van der Waals surface area contributed by atoms with Crippen molar-refractivity contribution in [2.24, 2.45) is 5.92 Å². The van der Waals surface area contributed by atoms with Gasteiger partial charge in [0.25, 0.3) is 11.8 Å². The Balaban J connectivity index is 2.03. The molecule has 2 aliphatic heterocycles. The molecule has 7 nitrogen and oxygen atoms in total. The third-order valence-electron chi connectivity index (χ3n) is 4.58. The second kappa shape index (κ2) is 4.92. The van der Waals surface area contributed by atoms with Gasteiger partial charge in [0.2, 0.25) is 5.91 Å². The summed E-state index contributed by atoms with van der Waals surface area (Å²) in [5.74, 6) is -2.43. The number of carbonyl (C=O) groups excluding carboxylic acids is 3. The molecule has 120 valence electrons. The van der Waals surface area contributed by atoms with Crippen molar-refractivity contribution in [1.29, 1.82) is 0 Å². The zero-order chi connectivity index (χ0) is 16.9. The Hall–Kier alpha value is -2.67. The Morgan fingerprint density at radius 3 is 2.65 bits per heavy atom. The number of fused-ring (bicyclic) bond motifs is 1. The number of carbonyl (C=O) groups is 3. The number of nitrogens with zero attached hydrogens (tertiary/aromatic N) is 1. The molecule has 1 aromatic rings. The molecule has 0 spiro atoms. The summed E-state index contributed by atoms with van der Waals surface area (Å²) >= 11 is 0. The molecular formula is C16H17N3O4. The van der Waals surface area contributed by atoms with Crippen LogP contribution in [-0.4, -0.2) is 35.9 Å². The Bertz CT molecular complexity index is 745. The Kier molecular flexibility index (Phi) is 3.26. The largest absolute Gasteiger partial charge is 0.375 e. The molecule has 3 rings (SSSR count). The second-order valence-electron chi connectivity index (χ2n) is 5.86. The highest BCUT2D eigenvalue weighted by Crippen LogP contribution is 2.45. The third kappa shape index (κ3) is 1.97. The lowest BCUT2D eigenvalue weighted by molar-refractivity contribution is -0.147. The van der Waals surface area contributed by atoms with E-state index in [0.717, 1.165) is 0 Å². The number of piperazine rings is 1. The highest BCUT2D eigenvalue weighted by Gasteiger charge is 2.56. The van der Waals surface area contributed by atoms with Crippen molar-refractivity contribution in [3.63, 3.8) is 0 Å². The van der Waals surface area contributed by atoms with Gasteiger partial charge in [-0.1, -0.05) is 31.7 Å². The highest BCUT2D eigenvalue weighted by atomic mass is 16.3. The minimum absolute atomic E-state index is 0.0549. The molecule has 0 bridgehead atoms. The topological polar surface area (TPSA) is 98.7 Å². The fourth-order valence-electron chi connectivity index (χ4n) is 3.18. The smallest absolute Gasteiger partial charge is 0.267 e. The first kappa shape index (κ1) is 15.2. The van der Waals surface area contributed by atoms with Gasteiger partial charge in [-0.25, -0.2) is 0 Å². The number of para-hydroxylation sites is 1. The van der Waals surface area contributed by atoms with Gasteiger partial charge in [-0.3, -0.25) is 14.4 Å². The molecule has 0 saturated carbocycles. The minimum atomic E-state index is -1.89. The average molecular weight is 315 g/mol. The van der Waals surface area contributed by atoms with Crippen molar-refractivity contribution >= 4 is 23.4 Å². The first-order valence-electron chi connectivity index (χ1n) is 7.19. The van der Waals surface area contributed by atoms with Crippen LogP contribution in [0.25, 0.3) is 0 Å². The molecule has 2 heterocycles. The molecule has 3 atom stereocenters. The summed E-state index contributed by atoms with van der Waals surface area (Å²) in [6, 6.07) is 5.80. The van der Waals surface area contributed by atoms with E-state index in [-0.39, 0.29) is 5.70 Å². The van der Waals surface area contributed by atoms with E-state index < -0.39 is 35.3 Å². The van der Waals surface area contributed by atoms with Crippen molar-refractivity contribution in [3.8, 4) is 0 Å². The summed E-state index contributed by atoms with van der Waals surface area (Å²) in [5.41, 5.74) is -0.940. The lowest BCUT2D eigenvalue weighted by Crippen LogP contribution is -2.62. The zero-order valence-electron chi connectivity index (χ0n) is 12.8. The molecule has 1 aromatic carbocycles. The van der Waals surface area contributed by atoms with Gasteiger partial charge in [0.15, 0.2) is 5.60 Å². The van der Waals surface area contributed by atoms with E-state index in [1.54, 1.807) is 38.2 Å². The first-order valence-corrected chi connectivity index (χ1v) is 7.19. The molecule has 0 unspecified atom stereocenters. The zero-order valence-corrected chi connectivity index (χ0v) is 12.8. The quantitative estimate of drug-likeness (QED) is 0.648. The summed E-state index contributed by atoms with van der Waals surface area (Å²) < 4.78 is 0. The normalized spacial score (nSPS) is 28.3. The predicted molar refractivity (Wildman–Crippen MR) is 82.1 cm³/mol. The average Bonchev–Trinajstić information content (AvgIpc) is 2.73. The van der Waals surface area contributed by atoms with Gasteiger partial charge in [-0.05, 0) is 6.07 Å². The first-order chi connectivity index (χ1) is 10.8. The van der Waals surface area contributed by atoms with E-state index in [1.807, 2.05) is 0 Å². The van der Waals surface area contributed by atoms with E-state index in [4.69, 9.17) is 0 Å². The standard InChI is InChI=1S/C16H17N3O4/c1-8(12-14(21)17-9(2)13(20)18-12)16(23)10-6-4-5-7-11(10)19(3)15(16)22/h4-8,12,23H,2H2,1,3H3,(H,17,21)(H,18,20)/t8-,12+,16+/m1/s1. The summed E-state index contributed by atoms with van der Waals surface area (Å²) in [4.78, 5) is 37.9. The summed E-state index contributed by atoms with van der Waals surface area (Å²) in [5, 5.41) is 16.0. The molecule has 0 radical (unpaired) electrons. The van der Waals surface area contributed by atoms with E-state index >= 15 is 0 Å². The molecule has 3 amide bonds. The van der Waals surface area contributed by atoms with Gasteiger partial charge in [-0.2, -0.15) is 0 Å². The number of rotatable bonds is 2. The fourth-order valence-corrected chi connectivity index (χ4v) is 3.18. The van der Waals surface area contributed by atoms with Crippen molar-refractivity contribution in [1.82, 2.24) is 10.6 Å². The molecule has 1 fully saturated rings. The van der Waals surface area contributed by atoms with Crippen molar-refractivity contribution in [3.05, 3.63) is 42.1 Å². The summed E-state index contributed by atoms with van der Waals surface area (Å²) in [7, 11) is 1.56. The van der Waals surface area contributed by atoms with Crippen LogP contribution in [0.2, 0.25) is 0 Å². The van der Waals surface area contributed by atoms with Crippen LogP contribution in [0, 0.1) is 5.92 Å². The number of likely N-dealkylation sites (N-methyl/N-ethyl adjacent to an activating group) is 1. The monoisotopic (exact) mass is 315 g/mol. The van der Waals surface area contributed by atoms with Crippen LogP contribution in [0.15, 0.2) is 36.5 Å². The van der Waals surface area contributed by atoms with Crippen LogP contribution < -0.4 is 15.5 Å². The van der Waals surface area contributed by atoms with Crippen LogP contribution in [0.1, 0.15) is 12.5 Å². The van der Waals surface area contributed by atoms with Crippen LogP contribution in [0.4, 0.5) is 5.69 Å². The Morgan fingerprint density at radius 1 is 1.30 bits per heavy atom. The molecule has 23 heavy (non-hydrogen) atoms. The lowest BCUT2D eigenvalue weighted by atomic mass is 9.78. The molecule has 2 aliphatic rings. The Morgan fingerprint density at radius 2 is 1.96 bits per heavy atom. The second-order valence-corrected chi connectivity index (χ2v) is 5.86. The molecule has 7 heteroatoms. The molecule has 3 N–H and O–H groups in total. The maximum absolute atomic E-state index is 12.6. The van der Waals surface area contributed by atoms with Crippen LogP contribution in [-0.2, 0) is 20.0 Å². The molecule has 1 saturated heterocycles. The van der Waals surface area contributed by atoms with Crippen LogP contribution in [0.3, 0.4) is 0 Å². The summed E-state index contributed by atoms with van der Waals surface area (Å²) in [6.45, 7) is 5.00. The van der Waals surface area contributed by atoms with E-state index in [1.165, 1.54) is 4.90 Å². The molecular weight excluding hydrogens is 298 g/mol. The highest BCUT2D eigenvalue weighted by molar-refractivity contribution is 6.08. The van der Waals surface area contributed by atoms with Crippen LogP contribution in [0.5, 0.6) is 0 Å². The van der Waals surface area contributed by atoms with E-state index in [2.05, 4.69) is 17.2 Å².